The Morgan fingerprint density at radius 2 is 1.96 bits per heavy atom. The van der Waals surface area contributed by atoms with Crippen LogP contribution in [0.4, 0.5) is 15.8 Å². The summed E-state index contributed by atoms with van der Waals surface area (Å²) in [6.07, 6.45) is 0. The van der Waals surface area contributed by atoms with Crippen LogP contribution in [-0.2, 0) is 9.53 Å². The maximum atomic E-state index is 13.7. The van der Waals surface area contributed by atoms with Gasteiger partial charge < -0.3 is 10.1 Å². The van der Waals surface area contributed by atoms with Crippen molar-refractivity contribution in [3.05, 3.63) is 75.5 Å². The third-order valence-corrected chi connectivity index (χ3v) is 4.39. The highest BCUT2D eigenvalue weighted by Crippen LogP contribution is 2.24. The number of aromatic nitrogens is 1. The summed E-state index contributed by atoms with van der Waals surface area (Å²) >= 11 is 1.25. The summed E-state index contributed by atoms with van der Waals surface area (Å²) in [6, 6.07) is 11.9. The molecule has 142 valence electrons. The molecule has 0 saturated heterocycles. The molecule has 0 aliphatic carbocycles. The average molecular weight is 401 g/mol. The molecule has 2 aromatic carbocycles. The van der Waals surface area contributed by atoms with Gasteiger partial charge in [-0.2, -0.15) is 0 Å². The van der Waals surface area contributed by atoms with E-state index < -0.39 is 29.2 Å². The molecule has 0 fully saturated rings. The van der Waals surface area contributed by atoms with Crippen LogP contribution >= 0.6 is 11.3 Å². The van der Waals surface area contributed by atoms with Crippen molar-refractivity contribution in [2.24, 2.45) is 0 Å². The van der Waals surface area contributed by atoms with E-state index in [4.69, 9.17) is 4.74 Å². The number of nitro benzene ring substituents is 1. The summed E-state index contributed by atoms with van der Waals surface area (Å²) in [7, 11) is 0. The standard InChI is InChI=1S/C18H12FN3O5S/c19-13-7-6-12(22(25)26)8-14(13)20-16(23)9-27-18(24)15-10-28-17(21-15)11-4-2-1-3-5-11/h1-8,10H,9H2,(H,20,23). The number of hydrogen-bond acceptors (Lipinski definition) is 7. The van der Waals surface area contributed by atoms with Crippen molar-refractivity contribution >= 4 is 34.6 Å². The molecule has 1 heterocycles. The molecule has 1 aromatic heterocycles. The van der Waals surface area contributed by atoms with E-state index in [1.165, 1.54) is 16.7 Å². The molecule has 1 amide bonds. The number of rotatable bonds is 6. The van der Waals surface area contributed by atoms with E-state index in [-0.39, 0.29) is 17.1 Å². The van der Waals surface area contributed by atoms with Crippen LogP contribution in [0.3, 0.4) is 0 Å². The molecule has 10 heteroatoms. The molecule has 0 aliphatic heterocycles. The molecule has 0 bridgehead atoms. The fraction of sp³-hybridized carbons (Fsp3) is 0.0556. The van der Waals surface area contributed by atoms with E-state index in [1.807, 2.05) is 30.3 Å². The molecule has 3 rings (SSSR count). The number of benzene rings is 2. The van der Waals surface area contributed by atoms with Gasteiger partial charge in [-0.1, -0.05) is 30.3 Å². The topological polar surface area (TPSA) is 111 Å². The predicted molar refractivity (Wildman–Crippen MR) is 99.5 cm³/mol. The average Bonchev–Trinajstić information content (AvgIpc) is 3.18. The summed E-state index contributed by atoms with van der Waals surface area (Å²) in [5.74, 6) is -2.50. The van der Waals surface area contributed by atoms with Gasteiger partial charge in [0, 0.05) is 23.1 Å². The number of nitrogens with zero attached hydrogens (tertiary/aromatic N) is 2. The van der Waals surface area contributed by atoms with Crippen molar-refractivity contribution < 1.29 is 23.6 Å². The monoisotopic (exact) mass is 401 g/mol. The molecular weight excluding hydrogens is 389 g/mol. The first-order valence-corrected chi connectivity index (χ1v) is 8.74. The number of carbonyl (C=O) groups excluding carboxylic acids is 2. The molecule has 0 atom stereocenters. The number of amides is 1. The first-order chi connectivity index (χ1) is 13.4. The number of hydrogen-bond donors (Lipinski definition) is 1. The van der Waals surface area contributed by atoms with Gasteiger partial charge in [0.2, 0.25) is 0 Å². The van der Waals surface area contributed by atoms with Crippen molar-refractivity contribution in [3.8, 4) is 10.6 Å². The Kier molecular flexibility index (Phi) is 5.70. The molecule has 8 nitrogen and oxygen atoms in total. The second-order valence-electron chi connectivity index (χ2n) is 5.45. The van der Waals surface area contributed by atoms with Crippen LogP contribution in [0.5, 0.6) is 0 Å². The lowest BCUT2D eigenvalue weighted by molar-refractivity contribution is -0.384. The number of ether oxygens (including phenoxy) is 1. The quantitative estimate of drug-likeness (QED) is 0.383. The molecule has 28 heavy (non-hydrogen) atoms. The summed E-state index contributed by atoms with van der Waals surface area (Å²) in [6.45, 7) is -0.695. The zero-order valence-corrected chi connectivity index (χ0v) is 14.9. The van der Waals surface area contributed by atoms with Gasteiger partial charge in [-0.3, -0.25) is 14.9 Å². The second-order valence-corrected chi connectivity index (χ2v) is 6.31. The zero-order valence-electron chi connectivity index (χ0n) is 14.1. The maximum absolute atomic E-state index is 13.7. The number of halogens is 1. The third kappa shape index (κ3) is 4.54. The van der Waals surface area contributed by atoms with Crippen LogP contribution < -0.4 is 5.32 Å². The second kappa shape index (κ2) is 8.35. The number of non-ortho nitro benzene ring substituents is 1. The summed E-state index contributed by atoms with van der Waals surface area (Å²) in [4.78, 5) is 38.1. The van der Waals surface area contributed by atoms with E-state index in [2.05, 4.69) is 10.3 Å². The Morgan fingerprint density at radius 3 is 2.68 bits per heavy atom. The molecule has 0 unspecified atom stereocenters. The van der Waals surface area contributed by atoms with Crippen LogP contribution in [0.2, 0.25) is 0 Å². The summed E-state index contributed by atoms with van der Waals surface area (Å²) < 4.78 is 18.5. The first kappa shape index (κ1) is 19.1. The third-order valence-electron chi connectivity index (χ3n) is 3.50. The van der Waals surface area contributed by atoms with Gasteiger partial charge >= 0.3 is 5.97 Å². The Balaban J connectivity index is 1.59. The van der Waals surface area contributed by atoms with Crippen LogP contribution in [0, 0.1) is 15.9 Å². The Hall–Kier alpha value is -3.66. The van der Waals surface area contributed by atoms with Gasteiger partial charge in [-0.25, -0.2) is 14.2 Å². The minimum Gasteiger partial charge on any atom is -0.451 e. The number of carbonyl (C=O) groups is 2. The van der Waals surface area contributed by atoms with Crippen molar-refractivity contribution in [3.63, 3.8) is 0 Å². The molecular formula is C18H12FN3O5S. The Morgan fingerprint density at radius 1 is 1.21 bits per heavy atom. The van der Waals surface area contributed by atoms with E-state index in [0.717, 1.165) is 23.8 Å². The van der Waals surface area contributed by atoms with E-state index in [0.29, 0.717) is 5.01 Å². The van der Waals surface area contributed by atoms with Crippen LogP contribution in [0.15, 0.2) is 53.9 Å². The minimum absolute atomic E-state index is 0.0400. The lowest BCUT2D eigenvalue weighted by atomic mass is 10.2. The minimum atomic E-state index is -0.850. The van der Waals surface area contributed by atoms with Crippen molar-refractivity contribution in [1.82, 2.24) is 4.98 Å². The predicted octanol–water partition coefficient (Wildman–Crippen LogP) is 3.65. The van der Waals surface area contributed by atoms with Crippen molar-refractivity contribution in [2.75, 3.05) is 11.9 Å². The first-order valence-electron chi connectivity index (χ1n) is 7.86. The maximum Gasteiger partial charge on any atom is 0.358 e. The van der Waals surface area contributed by atoms with Crippen LogP contribution in [-0.4, -0.2) is 28.4 Å². The van der Waals surface area contributed by atoms with Crippen molar-refractivity contribution in [1.29, 1.82) is 0 Å². The van der Waals surface area contributed by atoms with Gasteiger partial charge in [-0.15, -0.1) is 11.3 Å². The van der Waals surface area contributed by atoms with Gasteiger partial charge in [0.05, 0.1) is 10.6 Å². The largest absolute Gasteiger partial charge is 0.451 e. The highest BCUT2D eigenvalue weighted by Gasteiger charge is 2.17. The molecule has 3 aromatic rings. The van der Waals surface area contributed by atoms with Gasteiger partial charge in [-0.05, 0) is 6.07 Å². The normalized spacial score (nSPS) is 10.3. The number of thiazole rings is 1. The summed E-state index contributed by atoms with van der Waals surface area (Å²) in [5, 5.41) is 15.0. The highest BCUT2D eigenvalue weighted by atomic mass is 32.1. The fourth-order valence-electron chi connectivity index (χ4n) is 2.19. The molecule has 0 aliphatic rings. The number of nitrogens with one attached hydrogen (secondary N) is 1. The molecule has 0 spiro atoms. The lowest BCUT2D eigenvalue weighted by Gasteiger charge is -2.06. The van der Waals surface area contributed by atoms with Gasteiger partial charge in [0.25, 0.3) is 11.6 Å². The number of nitro groups is 1. The van der Waals surface area contributed by atoms with E-state index >= 15 is 0 Å². The number of esters is 1. The van der Waals surface area contributed by atoms with Crippen LogP contribution in [0.25, 0.3) is 10.6 Å². The fourth-order valence-corrected chi connectivity index (χ4v) is 2.99. The molecule has 1 N–H and O–H groups in total. The van der Waals surface area contributed by atoms with Crippen molar-refractivity contribution in [2.45, 2.75) is 0 Å². The van der Waals surface area contributed by atoms with E-state index in [1.54, 1.807) is 0 Å². The Bertz CT molecular complexity index is 1040. The summed E-state index contributed by atoms with van der Waals surface area (Å²) in [5.41, 5.74) is 0.114. The number of anilines is 1. The smallest absolute Gasteiger partial charge is 0.358 e. The molecule has 0 radical (unpaired) electrons. The lowest BCUT2D eigenvalue weighted by Crippen LogP contribution is -2.21. The van der Waals surface area contributed by atoms with Gasteiger partial charge in [0.1, 0.15) is 10.8 Å². The zero-order chi connectivity index (χ0) is 20.1. The SMILES string of the molecule is O=C(COC(=O)c1csc(-c2ccccc2)n1)Nc1cc([N+](=O)[O-])ccc1F. The van der Waals surface area contributed by atoms with Crippen LogP contribution in [0.1, 0.15) is 10.5 Å². The highest BCUT2D eigenvalue weighted by molar-refractivity contribution is 7.13. The van der Waals surface area contributed by atoms with Gasteiger partial charge in [0.15, 0.2) is 12.3 Å². The molecule has 0 saturated carbocycles. The Labute approximate surface area is 161 Å². The van der Waals surface area contributed by atoms with E-state index in [9.17, 15) is 24.1 Å².